The molecule has 414 valence electrons. The standard InChI is InChI=1S/C46H30N16O20/c1-81-45(63)19-3-21-7-22(4-19)48-30-12-34(42(60(75)76)16-38(30)56(67)68)52-26-10-27-25(51-33-11-29(47-21)37(55(65)66)15-41(33)59(73)74)9-28(26)54-36-14-32(40(58(71)72)18-44(36)62(79)80)50-24-6-20(46(64)82-2)5-23(8-24)49-31-13-35(53-27)43(61(77)78)17-39(31)57(69)70/h3-18,47-54H,1-2H3. The van der Waals surface area contributed by atoms with Crippen LogP contribution in [0.4, 0.5) is 136 Å². The van der Waals surface area contributed by atoms with Crippen LogP contribution in [0.25, 0.3) is 0 Å². The largest absolute Gasteiger partial charge is 0.465 e. The molecule has 0 fully saturated rings. The minimum atomic E-state index is -1.06. The molecular weight excluding hydrogens is 1100 g/mol. The summed E-state index contributed by atoms with van der Waals surface area (Å²) in [5.74, 6) is -2.04. The van der Waals surface area contributed by atoms with Crippen LogP contribution in [0.1, 0.15) is 20.7 Å². The average Bonchev–Trinajstić information content (AvgIpc) is 3.61. The Morgan fingerprint density at radius 2 is 0.439 bits per heavy atom. The summed E-state index contributed by atoms with van der Waals surface area (Å²) in [6.07, 6.45) is 0. The lowest BCUT2D eigenvalue weighted by atomic mass is 10.1. The first-order chi connectivity index (χ1) is 38.9. The Morgan fingerprint density at radius 3 is 0.610 bits per heavy atom. The number of nitrogens with one attached hydrogen (secondary N) is 8. The Balaban J connectivity index is 1.44. The van der Waals surface area contributed by atoms with Gasteiger partial charge in [-0.05, 0) is 72.8 Å². The predicted molar refractivity (Wildman–Crippen MR) is 287 cm³/mol. The molecule has 36 nitrogen and oxygen atoms in total. The van der Waals surface area contributed by atoms with E-state index in [1.807, 2.05) is 0 Å². The Hall–Kier alpha value is -12.9. The Kier molecular flexibility index (Phi) is 13.7. The third-order valence-electron chi connectivity index (χ3n) is 12.1. The molecule has 0 saturated heterocycles. The van der Waals surface area contributed by atoms with Crippen molar-refractivity contribution in [2.24, 2.45) is 0 Å². The number of hydrogen-bond acceptors (Lipinski definition) is 28. The summed E-state index contributed by atoms with van der Waals surface area (Å²) in [7, 11) is 1.99. The number of rotatable bonds is 10. The summed E-state index contributed by atoms with van der Waals surface area (Å²) in [6, 6.07) is 14.1. The number of nitro benzene ring substituents is 8. The number of ether oxygens (including phenoxy) is 2. The molecule has 4 heterocycles. The van der Waals surface area contributed by atoms with Crippen molar-refractivity contribution in [1.29, 1.82) is 0 Å². The van der Waals surface area contributed by atoms with Crippen LogP contribution in [-0.4, -0.2) is 65.5 Å². The molecule has 0 saturated carbocycles. The monoisotopic (exact) mass is 1130 g/mol. The number of carbonyl (C=O) groups is 2. The number of esters is 2. The zero-order valence-corrected chi connectivity index (χ0v) is 41.0. The van der Waals surface area contributed by atoms with Crippen LogP contribution in [0, 0.1) is 80.9 Å². The van der Waals surface area contributed by atoms with E-state index in [9.17, 15) is 90.5 Å². The number of carbonyl (C=O) groups excluding carboxylic acids is 2. The summed E-state index contributed by atoms with van der Waals surface area (Å²) < 4.78 is 9.73. The van der Waals surface area contributed by atoms with Crippen LogP contribution < -0.4 is 42.5 Å². The van der Waals surface area contributed by atoms with E-state index < -0.39 is 165 Å². The van der Waals surface area contributed by atoms with E-state index in [1.165, 1.54) is 0 Å². The van der Waals surface area contributed by atoms with E-state index in [1.54, 1.807) is 0 Å². The first kappa shape index (κ1) is 53.9. The minimum absolute atomic E-state index is 0.219. The van der Waals surface area contributed by atoms with Crippen molar-refractivity contribution in [2.75, 3.05) is 56.8 Å². The van der Waals surface area contributed by atoms with Crippen molar-refractivity contribution in [3.8, 4) is 0 Å². The van der Waals surface area contributed by atoms with Crippen molar-refractivity contribution in [2.45, 2.75) is 0 Å². The minimum Gasteiger partial charge on any atom is -0.465 e. The van der Waals surface area contributed by atoms with Gasteiger partial charge in [0.15, 0.2) is 0 Å². The second-order valence-electron chi connectivity index (χ2n) is 17.1. The first-order valence-electron chi connectivity index (χ1n) is 22.6. The van der Waals surface area contributed by atoms with Crippen LogP contribution in [-0.2, 0) is 9.47 Å². The molecule has 0 aromatic heterocycles. The number of nitro groups is 8. The van der Waals surface area contributed by atoms with E-state index >= 15 is 0 Å². The quantitative estimate of drug-likeness (QED) is 0.0358. The number of anilines is 16. The molecule has 4 aliphatic heterocycles. The van der Waals surface area contributed by atoms with Crippen molar-refractivity contribution >= 4 is 148 Å². The van der Waals surface area contributed by atoms with E-state index in [0.717, 1.165) is 87.0 Å². The summed E-state index contributed by atoms with van der Waals surface area (Å²) in [4.78, 5) is 120. The Labute approximate surface area is 451 Å². The highest BCUT2D eigenvalue weighted by Crippen LogP contribution is 2.49. The maximum atomic E-state index is 13.0. The molecule has 0 aliphatic carbocycles. The van der Waals surface area contributed by atoms with Gasteiger partial charge in [0.1, 0.15) is 45.5 Å². The topological polar surface area (TPSA) is 494 Å². The highest BCUT2D eigenvalue weighted by atomic mass is 16.7. The second kappa shape index (κ2) is 20.9. The molecule has 4 aliphatic rings. The lowest BCUT2D eigenvalue weighted by molar-refractivity contribution is -0.393. The SMILES string of the molecule is COC(=O)c1cc2cc(c1)Nc1cc(c([N+](=O)[O-])cc1[N+](=O)[O-])Nc1cc3c(cc1Nc1cc(c([N+](=O)[O-])cc1[N+](=O)[O-])Nc1cc(cc(C(=O)OC)c1)Nc1cc(c([N+](=O)[O-])cc1[N+](=O)[O-])N3)Nc1cc(c([N+](=O)[O-])cc1[N+](=O)[O-])N2. The third-order valence-corrected chi connectivity index (χ3v) is 12.1. The first-order valence-corrected chi connectivity index (χ1v) is 22.6. The highest BCUT2D eigenvalue weighted by Gasteiger charge is 2.33. The number of benzene rings is 7. The van der Waals surface area contributed by atoms with E-state index in [4.69, 9.17) is 9.47 Å². The lowest BCUT2D eigenvalue weighted by Crippen LogP contribution is -2.08. The number of methoxy groups -OCH3 is 2. The van der Waals surface area contributed by atoms with Crippen molar-refractivity contribution in [3.63, 3.8) is 0 Å². The predicted octanol–water partition coefficient (Wildman–Crippen LogP) is 11.1. The molecule has 0 amide bonds. The van der Waals surface area contributed by atoms with Gasteiger partial charge >= 0.3 is 11.9 Å². The average molecular weight is 1130 g/mol. The van der Waals surface area contributed by atoms with Crippen molar-refractivity contribution in [3.05, 3.63) is 189 Å². The molecule has 0 spiro atoms. The molecule has 0 atom stereocenters. The number of hydrogen-bond donors (Lipinski definition) is 8. The summed E-state index contributed by atoms with van der Waals surface area (Å²) in [5.41, 5.74) is -16.3. The van der Waals surface area contributed by atoms with Gasteiger partial charge in [0, 0.05) is 22.7 Å². The molecule has 16 bridgehead atoms. The van der Waals surface area contributed by atoms with Gasteiger partial charge in [0.05, 0.1) is 112 Å². The zero-order chi connectivity index (χ0) is 59.2. The molecular formula is C46H30N16O20. The second-order valence-corrected chi connectivity index (χ2v) is 17.1. The molecule has 7 aromatic rings. The molecule has 36 heteroatoms. The van der Waals surface area contributed by atoms with Gasteiger partial charge in [-0.1, -0.05) is 0 Å². The molecule has 11 rings (SSSR count). The molecule has 0 unspecified atom stereocenters. The molecule has 82 heavy (non-hydrogen) atoms. The summed E-state index contributed by atoms with van der Waals surface area (Å²) >= 11 is 0. The molecule has 0 radical (unpaired) electrons. The normalized spacial score (nSPS) is 11.7. The third kappa shape index (κ3) is 10.5. The maximum Gasteiger partial charge on any atom is 0.337 e. The van der Waals surface area contributed by atoms with Gasteiger partial charge in [-0.3, -0.25) is 80.9 Å². The van der Waals surface area contributed by atoms with E-state index in [2.05, 4.69) is 42.5 Å². The smallest absolute Gasteiger partial charge is 0.337 e. The summed E-state index contributed by atoms with van der Waals surface area (Å²) in [5, 5.41) is 124. The van der Waals surface area contributed by atoms with Gasteiger partial charge in [-0.15, -0.1) is 0 Å². The van der Waals surface area contributed by atoms with Crippen molar-refractivity contribution < 1.29 is 58.4 Å². The van der Waals surface area contributed by atoms with Crippen LogP contribution in [0.2, 0.25) is 0 Å². The maximum absolute atomic E-state index is 13.0. The van der Waals surface area contributed by atoms with Gasteiger partial charge in [0.2, 0.25) is 0 Å². The Bertz CT molecular complexity index is 3590. The van der Waals surface area contributed by atoms with E-state index in [-0.39, 0.29) is 33.9 Å². The fraction of sp³-hybridized carbons (Fsp3) is 0.0435. The molecule has 7 aromatic carbocycles. The van der Waals surface area contributed by atoms with Gasteiger partial charge in [-0.2, -0.15) is 0 Å². The van der Waals surface area contributed by atoms with Crippen LogP contribution in [0.15, 0.2) is 97.1 Å². The Morgan fingerprint density at radius 1 is 0.268 bits per heavy atom. The fourth-order valence-electron chi connectivity index (χ4n) is 8.55. The van der Waals surface area contributed by atoms with Crippen LogP contribution in [0.5, 0.6) is 0 Å². The van der Waals surface area contributed by atoms with Gasteiger partial charge in [0.25, 0.3) is 45.5 Å². The van der Waals surface area contributed by atoms with Gasteiger partial charge < -0.3 is 52.0 Å². The van der Waals surface area contributed by atoms with Gasteiger partial charge in [-0.25, -0.2) is 9.59 Å². The number of nitrogens with zero attached hydrogens (tertiary/aromatic N) is 8. The zero-order valence-electron chi connectivity index (χ0n) is 41.0. The highest BCUT2D eigenvalue weighted by molar-refractivity contribution is 5.99. The lowest BCUT2D eigenvalue weighted by Gasteiger charge is -2.21. The molecule has 8 N–H and O–H groups in total. The van der Waals surface area contributed by atoms with Crippen LogP contribution in [0.3, 0.4) is 0 Å². The fourth-order valence-corrected chi connectivity index (χ4v) is 8.55. The van der Waals surface area contributed by atoms with Crippen LogP contribution >= 0.6 is 0 Å². The van der Waals surface area contributed by atoms with Crippen molar-refractivity contribution in [1.82, 2.24) is 0 Å². The van der Waals surface area contributed by atoms with E-state index in [0.29, 0.717) is 24.3 Å². The summed E-state index contributed by atoms with van der Waals surface area (Å²) in [6.45, 7) is 0.